The van der Waals surface area contributed by atoms with Gasteiger partial charge in [0.05, 0.1) is 24.1 Å². The smallest absolute Gasteiger partial charge is 0.243 e. The number of amides is 1. The van der Waals surface area contributed by atoms with E-state index in [4.69, 9.17) is 4.74 Å². The van der Waals surface area contributed by atoms with Gasteiger partial charge in [-0.1, -0.05) is 36.9 Å². The first-order chi connectivity index (χ1) is 12.2. The minimum atomic E-state index is -0.213. The number of carbonyl (C=O) groups excluding carboxylic acids is 1. The van der Waals surface area contributed by atoms with E-state index in [1.165, 1.54) is 6.08 Å². The molecule has 0 saturated heterocycles. The molecule has 3 aromatic rings. The first-order valence-corrected chi connectivity index (χ1v) is 8.22. The maximum atomic E-state index is 11.5. The number of benzene rings is 2. The molecule has 0 atom stereocenters. The van der Waals surface area contributed by atoms with E-state index in [-0.39, 0.29) is 5.91 Å². The third-order valence-electron chi connectivity index (χ3n) is 4.01. The van der Waals surface area contributed by atoms with E-state index in [1.807, 2.05) is 55.5 Å². The summed E-state index contributed by atoms with van der Waals surface area (Å²) in [5, 5.41) is 2.79. The molecular formula is C20H21N3O2. The normalized spacial score (nSPS) is 10.6. The molecule has 0 radical (unpaired) electrons. The quantitative estimate of drug-likeness (QED) is 0.675. The summed E-state index contributed by atoms with van der Waals surface area (Å²) in [5.74, 6) is 1.47. The average molecular weight is 335 g/mol. The number of hydrogen-bond donors (Lipinski definition) is 1. The largest absolute Gasteiger partial charge is 0.491 e. The Morgan fingerprint density at radius 2 is 2.00 bits per heavy atom. The molecule has 0 aliphatic rings. The van der Waals surface area contributed by atoms with E-state index in [2.05, 4.69) is 21.4 Å². The minimum absolute atomic E-state index is 0.213. The lowest BCUT2D eigenvalue weighted by molar-refractivity contribution is -0.116. The van der Waals surface area contributed by atoms with Crippen molar-refractivity contribution in [3.05, 3.63) is 72.6 Å². The van der Waals surface area contributed by atoms with Crippen LogP contribution in [0.4, 0.5) is 0 Å². The molecule has 5 heteroatoms. The third kappa shape index (κ3) is 3.88. The first kappa shape index (κ1) is 16.8. The summed E-state index contributed by atoms with van der Waals surface area (Å²) in [5.41, 5.74) is 3.04. The number of carbonyl (C=O) groups is 1. The van der Waals surface area contributed by atoms with Crippen molar-refractivity contribution in [1.82, 2.24) is 14.9 Å². The van der Waals surface area contributed by atoms with Gasteiger partial charge < -0.3 is 14.6 Å². The summed E-state index contributed by atoms with van der Waals surface area (Å²) < 4.78 is 7.99. The van der Waals surface area contributed by atoms with Gasteiger partial charge in [-0.25, -0.2) is 4.98 Å². The van der Waals surface area contributed by atoms with Crippen molar-refractivity contribution in [2.24, 2.45) is 0 Å². The fraction of sp³-hybridized carbons (Fsp3) is 0.200. The van der Waals surface area contributed by atoms with Crippen LogP contribution in [-0.2, 0) is 17.9 Å². The summed E-state index contributed by atoms with van der Waals surface area (Å²) in [6.07, 6.45) is 1.26. The molecule has 1 heterocycles. The molecule has 3 rings (SSSR count). The molecule has 0 spiro atoms. The topological polar surface area (TPSA) is 56.2 Å². The van der Waals surface area contributed by atoms with Crippen molar-refractivity contribution in [3.63, 3.8) is 0 Å². The Hall–Kier alpha value is -3.08. The highest BCUT2D eigenvalue weighted by atomic mass is 16.5. The van der Waals surface area contributed by atoms with Gasteiger partial charge in [0, 0.05) is 0 Å². The highest BCUT2D eigenvalue weighted by Gasteiger charge is 2.11. The summed E-state index contributed by atoms with van der Waals surface area (Å²) in [6, 6.07) is 15.9. The van der Waals surface area contributed by atoms with Crippen LogP contribution in [0.3, 0.4) is 0 Å². The van der Waals surface area contributed by atoms with Crippen molar-refractivity contribution in [1.29, 1.82) is 0 Å². The van der Waals surface area contributed by atoms with Crippen molar-refractivity contribution in [2.75, 3.05) is 6.61 Å². The number of nitrogens with zero attached hydrogens (tertiary/aromatic N) is 2. The monoisotopic (exact) mass is 335 g/mol. The molecule has 1 amide bonds. The zero-order valence-electron chi connectivity index (χ0n) is 14.2. The van der Waals surface area contributed by atoms with Crippen molar-refractivity contribution < 1.29 is 9.53 Å². The van der Waals surface area contributed by atoms with E-state index in [1.54, 1.807) is 0 Å². The number of fused-ring (bicyclic) bond motifs is 1. The first-order valence-electron chi connectivity index (χ1n) is 8.22. The maximum absolute atomic E-state index is 11.5. The van der Waals surface area contributed by atoms with Gasteiger partial charge in [0.25, 0.3) is 0 Å². The van der Waals surface area contributed by atoms with Gasteiger partial charge >= 0.3 is 0 Å². The molecular weight excluding hydrogens is 314 g/mol. The Balaban J connectivity index is 1.77. The third-order valence-corrected chi connectivity index (χ3v) is 4.01. The van der Waals surface area contributed by atoms with Crippen LogP contribution in [0.5, 0.6) is 5.75 Å². The van der Waals surface area contributed by atoms with E-state index in [0.717, 1.165) is 28.2 Å². The van der Waals surface area contributed by atoms with Crippen molar-refractivity contribution >= 4 is 16.9 Å². The predicted octanol–water partition coefficient (Wildman–Crippen LogP) is 3.23. The van der Waals surface area contributed by atoms with Crippen LogP contribution < -0.4 is 10.1 Å². The number of para-hydroxylation sites is 3. The van der Waals surface area contributed by atoms with E-state index >= 15 is 0 Å². The molecule has 2 aromatic carbocycles. The van der Waals surface area contributed by atoms with Crippen LogP contribution in [-0.4, -0.2) is 22.1 Å². The SMILES string of the molecule is C=CC(=O)NCc1nc2ccccc2n1CCOc1ccccc1C. The molecule has 0 fully saturated rings. The van der Waals surface area contributed by atoms with E-state index in [0.29, 0.717) is 19.7 Å². The Bertz CT molecular complexity index is 899. The van der Waals surface area contributed by atoms with Crippen LogP contribution in [0.1, 0.15) is 11.4 Å². The summed E-state index contributed by atoms with van der Waals surface area (Å²) >= 11 is 0. The molecule has 0 bridgehead atoms. The molecule has 0 aliphatic carbocycles. The highest BCUT2D eigenvalue weighted by Crippen LogP contribution is 2.18. The number of imidazole rings is 1. The fourth-order valence-corrected chi connectivity index (χ4v) is 2.71. The zero-order valence-corrected chi connectivity index (χ0v) is 14.2. The predicted molar refractivity (Wildman–Crippen MR) is 98.5 cm³/mol. The van der Waals surface area contributed by atoms with Gasteiger partial charge in [-0.15, -0.1) is 0 Å². The lowest BCUT2D eigenvalue weighted by atomic mass is 10.2. The number of ether oxygens (including phenoxy) is 1. The molecule has 25 heavy (non-hydrogen) atoms. The number of aryl methyl sites for hydroxylation is 1. The molecule has 1 aromatic heterocycles. The molecule has 0 saturated carbocycles. The maximum Gasteiger partial charge on any atom is 0.243 e. The summed E-state index contributed by atoms with van der Waals surface area (Å²) in [7, 11) is 0. The Kier molecular flexibility index (Phi) is 5.14. The van der Waals surface area contributed by atoms with Crippen LogP contribution in [0.15, 0.2) is 61.2 Å². The fourth-order valence-electron chi connectivity index (χ4n) is 2.71. The Labute approximate surface area is 146 Å². The van der Waals surface area contributed by atoms with Crippen molar-refractivity contribution in [3.8, 4) is 5.75 Å². The van der Waals surface area contributed by atoms with Gasteiger partial charge in [-0.3, -0.25) is 4.79 Å². The Morgan fingerprint density at radius 1 is 1.24 bits per heavy atom. The van der Waals surface area contributed by atoms with Crippen molar-refractivity contribution in [2.45, 2.75) is 20.0 Å². The number of rotatable bonds is 7. The van der Waals surface area contributed by atoms with Crippen LogP contribution >= 0.6 is 0 Å². The number of nitrogens with one attached hydrogen (secondary N) is 1. The van der Waals surface area contributed by atoms with E-state index < -0.39 is 0 Å². The molecule has 1 N–H and O–H groups in total. The van der Waals surface area contributed by atoms with Gasteiger partial charge in [-0.2, -0.15) is 0 Å². The second-order valence-corrected chi connectivity index (χ2v) is 5.70. The lowest BCUT2D eigenvalue weighted by Gasteiger charge is -2.12. The van der Waals surface area contributed by atoms with Gasteiger partial charge in [0.1, 0.15) is 18.2 Å². The second kappa shape index (κ2) is 7.66. The lowest BCUT2D eigenvalue weighted by Crippen LogP contribution is -2.23. The Morgan fingerprint density at radius 3 is 2.80 bits per heavy atom. The molecule has 0 aliphatic heterocycles. The van der Waals surface area contributed by atoms with Crippen LogP contribution in [0, 0.1) is 6.92 Å². The van der Waals surface area contributed by atoms with E-state index in [9.17, 15) is 4.79 Å². The van der Waals surface area contributed by atoms with Crippen LogP contribution in [0.2, 0.25) is 0 Å². The number of hydrogen-bond acceptors (Lipinski definition) is 3. The van der Waals surface area contributed by atoms with Crippen LogP contribution in [0.25, 0.3) is 11.0 Å². The average Bonchev–Trinajstić information content (AvgIpc) is 2.99. The van der Waals surface area contributed by atoms with Gasteiger partial charge in [-0.05, 0) is 36.8 Å². The van der Waals surface area contributed by atoms with Gasteiger partial charge in [0.15, 0.2) is 0 Å². The molecule has 128 valence electrons. The number of aromatic nitrogens is 2. The second-order valence-electron chi connectivity index (χ2n) is 5.70. The zero-order chi connectivity index (χ0) is 17.6. The minimum Gasteiger partial charge on any atom is -0.491 e. The summed E-state index contributed by atoms with van der Waals surface area (Å²) in [6.45, 7) is 7.02. The van der Waals surface area contributed by atoms with Gasteiger partial charge in [0.2, 0.25) is 5.91 Å². The summed E-state index contributed by atoms with van der Waals surface area (Å²) in [4.78, 5) is 16.1. The standard InChI is InChI=1S/C20H21N3O2/c1-3-20(24)21-14-19-22-16-9-5-6-10-17(16)23(19)12-13-25-18-11-7-4-8-15(18)2/h3-11H,1,12-14H2,2H3,(H,21,24). The molecule has 0 unspecified atom stereocenters. The molecule has 5 nitrogen and oxygen atoms in total. The highest BCUT2D eigenvalue weighted by molar-refractivity contribution is 5.86.